The minimum atomic E-state index is 0.792. The van der Waals surface area contributed by atoms with Crippen molar-refractivity contribution in [3.8, 4) is 22.6 Å². The summed E-state index contributed by atoms with van der Waals surface area (Å²) in [5, 5.41) is 0. The lowest BCUT2D eigenvalue weighted by Gasteiger charge is -2.29. The fraction of sp³-hybridized carbons (Fsp3) is 0.250. The Morgan fingerprint density at radius 1 is 0.821 bits per heavy atom. The summed E-state index contributed by atoms with van der Waals surface area (Å²) in [4.78, 5) is 2.48. The first kappa shape index (κ1) is 18.4. The van der Waals surface area contributed by atoms with E-state index in [0.717, 1.165) is 43.2 Å². The van der Waals surface area contributed by atoms with Crippen molar-refractivity contribution in [1.82, 2.24) is 4.90 Å². The molecule has 3 aromatic carbocycles. The van der Waals surface area contributed by atoms with Gasteiger partial charge in [-0.05, 0) is 58.5 Å². The van der Waals surface area contributed by atoms with E-state index in [1.807, 2.05) is 12.1 Å². The largest absolute Gasteiger partial charge is 0.493 e. The van der Waals surface area contributed by atoms with Gasteiger partial charge in [0.1, 0.15) is 0 Å². The highest BCUT2D eigenvalue weighted by molar-refractivity contribution is 5.65. The first-order chi connectivity index (χ1) is 13.7. The molecular formula is C24H26N2O2. The van der Waals surface area contributed by atoms with E-state index < -0.39 is 0 Å². The lowest BCUT2D eigenvalue weighted by molar-refractivity contribution is 0.244. The monoisotopic (exact) mass is 374 g/mol. The van der Waals surface area contributed by atoms with Crippen molar-refractivity contribution in [1.29, 1.82) is 0 Å². The Morgan fingerprint density at radius 2 is 1.39 bits per heavy atom. The Kier molecular flexibility index (Phi) is 5.22. The van der Waals surface area contributed by atoms with Crippen LogP contribution in [0.2, 0.25) is 0 Å². The number of benzene rings is 3. The second kappa shape index (κ2) is 7.95. The Bertz CT molecular complexity index is 950. The highest BCUT2D eigenvalue weighted by atomic mass is 16.5. The van der Waals surface area contributed by atoms with Gasteiger partial charge in [0.05, 0.1) is 14.2 Å². The van der Waals surface area contributed by atoms with Crippen LogP contribution in [0.25, 0.3) is 11.1 Å². The van der Waals surface area contributed by atoms with E-state index >= 15 is 0 Å². The second-order valence-corrected chi connectivity index (χ2v) is 7.26. The smallest absolute Gasteiger partial charge is 0.161 e. The number of hydrogen-bond acceptors (Lipinski definition) is 4. The van der Waals surface area contributed by atoms with Crippen molar-refractivity contribution in [2.45, 2.75) is 19.5 Å². The van der Waals surface area contributed by atoms with Crippen LogP contribution in [-0.2, 0) is 19.5 Å². The molecule has 0 radical (unpaired) electrons. The number of rotatable bonds is 5. The molecular weight excluding hydrogens is 348 g/mol. The fourth-order valence-electron chi connectivity index (χ4n) is 3.81. The summed E-state index contributed by atoms with van der Waals surface area (Å²) in [6.45, 7) is 2.91. The topological polar surface area (TPSA) is 47.7 Å². The molecule has 0 amide bonds. The molecule has 2 N–H and O–H groups in total. The molecule has 0 aromatic heterocycles. The van der Waals surface area contributed by atoms with Crippen LogP contribution in [0.4, 0.5) is 5.69 Å². The van der Waals surface area contributed by atoms with Crippen LogP contribution in [0.15, 0.2) is 60.7 Å². The molecule has 0 saturated carbocycles. The van der Waals surface area contributed by atoms with Gasteiger partial charge in [0, 0.05) is 25.3 Å². The molecule has 0 spiro atoms. The molecule has 4 nitrogen and oxygen atoms in total. The average molecular weight is 374 g/mol. The molecule has 4 heteroatoms. The third-order valence-corrected chi connectivity index (χ3v) is 5.40. The molecule has 1 heterocycles. The molecule has 144 valence electrons. The van der Waals surface area contributed by atoms with Crippen LogP contribution in [0.5, 0.6) is 11.5 Å². The van der Waals surface area contributed by atoms with E-state index in [-0.39, 0.29) is 0 Å². The van der Waals surface area contributed by atoms with Gasteiger partial charge in [0.25, 0.3) is 0 Å². The fourth-order valence-corrected chi connectivity index (χ4v) is 3.81. The number of fused-ring (bicyclic) bond motifs is 1. The standard InChI is InChI=1S/C24H26N2O2/c1-27-23-13-20-11-12-26(16-21(20)14-24(23)28-2)15-17-3-5-18(6-4-17)19-7-9-22(25)10-8-19/h3-10,13-14H,11-12,15-16,25H2,1-2H3. The van der Waals surface area contributed by atoms with Crippen LogP contribution >= 0.6 is 0 Å². The van der Waals surface area contributed by atoms with E-state index in [1.165, 1.54) is 27.8 Å². The highest BCUT2D eigenvalue weighted by Crippen LogP contribution is 2.33. The van der Waals surface area contributed by atoms with Crippen molar-refractivity contribution in [3.63, 3.8) is 0 Å². The number of nitrogens with two attached hydrogens (primary N) is 1. The second-order valence-electron chi connectivity index (χ2n) is 7.26. The van der Waals surface area contributed by atoms with Crippen molar-refractivity contribution in [3.05, 3.63) is 77.4 Å². The van der Waals surface area contributed by atoms with Crippen LogP contribution < -0.4 is 15.2 Å². The van der Waals surface area contributed by atoms with Gasteiger partial charge in [-0.3, -0.25) is 4.90 Å². The van der Waals surface area contributed by atoms with Gasteiger partial charge < -0.3 is 15.2 Å². The maximum absolute atomic E-state index is 5.78. The number of ether oxygens (including phenoxy) is 2. The van der Waals surface area contributed by atoms with Gasteiger partial charge >= 0.3 is 0 Å². The Labute approximate surface area is 166 Å². The predicted molar refractivity (Wildman–Crippen MR) is 114 cm³/mol. The van der Waals surface area contributed by atoms with Gasteiger partial charge in [0.15, 0.2) is 11.5 Å². The minimum absolute atomic E-state index is 0.792. The van der Waals surface area contributed by atoms with Gasteiger partial charge in [0.2, 0.25) is 0 Å². The average Bonchev–Trinajstić information content (AvgIpc) is 2.74. The number of anilines is 1. The van der Waals surface area contributed by atoms with Gasteiger partial charge in [-0.25, -0.2) is 0 Å². The summed E-state index contributed by atoms with van der Waals surface area (Å²) < 4.78 is 10.9. The van der Waals surface area contributed by atoms with Gasteiger partial charge in [-0.1, -0.05) is 36.4 Å². The minimum Gasteiger partial charge on any atom is -0.493 e. The number of nitrogen functional groups attached to an aromatic ring is 1. The van der Waals surface area contributed by atoms with E-state index in [0.29, 0.717) is 0 Å². The molecule has 1 aliphatic rings. The Hall–Kier alpha value is -2.98. The molecule has 28 heavy (non-hydrogen) atoms. The summed E-state index contributed by atoms with van der Waals surface area (Å²) in [5.41, 5.74) is 13.0. The molecule has 0 bridgehead atoms. The predicted octanol–water partition coefficient (Wildman–Crippen LogP) is 4.51. The molecule has 0 fully saturated rings. The summed E-state index contributed by atoms with van der Waals surface area (Å²) in [6.07, 6.45) is 1.03. The quantitative estimate of drug-likeness (QED) is 0.668. The maximum Gasteiger partial charge on any atom is 0.161 e. The van der Waals surface area contributed by atoms with Crippen LogP contribution in [0, 0.1) is 0 Å². The molecule has 0 saturated heterocycles. The summed E-state index contributed by atoms with van der Waals surface area (Å²) >= 11 is 0. The van der Waals surface area contributed by atoms with Gasteiger partial charge in [-0.2, -0.15) is 0 Å². The third-order valence-electron chi connectivity index (χ3n) is 5.40. The zero-order valence-corrected chi connectivity index (χ0v) is 16.4. The number of nitrogens with zero attached hydrogens (tertiary/aromatic N) is 1. The maximum atomic E-state index is 5.78. The van der Waals surface area contributed by atoms with Crippen molar-refractivity contribution in [2.75, 3.05) is 26.5 Å². The summed E-state index contributed by atoms with van der Waals surface area (Å²) in [5.74, 6) is 1.61. The zero-order valence-electron chi connectivity index (χ0n) is 16.4. The summed E-state index contributed by atoms with van der Waals surface area (Å²) in [7, 11) is 3.38. The van der Waals surface area contributed by atoms with E-state index in [9.17, 15) is 0 Å². The molecule has 0 aliphatic carbocycles. The van der Waals surface area contributed by atoms with E-state index in [4.69, 9.17) is 15.2 Å². The molecule has 0 atom stereocenters. The highest BCUT2D eigenvalue weighted by Gasteiger charge is 2.19. The molecule has 0 unspecified atom stereocenters. The molecule has 4 rings (SSSR count). The van der Waals surface area contributed by atoms with Gasteiger partial charge in [-0.15, -0.1) is 0 Å². The van der Waals surface area contributed by atoms with Crippen molar-refractivity contribution < 1.29 is 9.47 Å². The van der Waals surface area contributed by atoms with Crippen LogP contribution in [0.1, 0.15) is 16.7 Å². The third kappa shape index (κ3) is 3.82. The molecule has 1 aliphatic heterocycles. The zero-order chi connectivity index (χ0) is 19.5. The SMILES string of the molecule is COc1cc2c(cc1OC)CN(Cc1ccc(-c3ccc(N)cc3)cc1)CC2. The summed E-state index contributed by atoms with van der Waals surface area (Å²) in [6, 6.07) is 21.1. The van der Waals surface area contributed by atoms with E-state index in [1.54, 1.807) is 14.2 Å². The Morgan fingerprint density at radius 3 is 2.00 bits per heavy atom. The normalized spacial score (nSPS) is 13.8. The lowest BCUT2D eigenvalue weighted by Crippen LogP contribution is -2.30. The Balaban J connectivity index is 1.46. The van der Waals surface area contributed by atoms with E-state index in [2.05, 4.69) is 53.4 Å². The van der Waals surface area contributed by atoms with Crippen LogP contribution in [-0.4, -0.2) is 25.7 Å². The first-order valence-corrected chi connectivity index (χ1v) is 9.57. The van der Waals surface area contributed by atoms with Crippen molar-refractivity contribution >= 4 is 5.69 Å². The molecule has 3 aromatic rings. The number of methoxy groups -OCH3 is 2. The van der Waals surface area contributed by atoms with Crippen LogP contribution in [0.3, 0.4) is 0 Å². The lowest BCUT2D eigenvalue weighted by atomic mass is 9.98. The first-order valence-electron chi connectivity index (χ1n) is 9.57. The van der Waals surface area contributed by atoms with Crippen molar-refractivity contribution in [2.24, 2.45) is 0 Å². The number of hydrogen-bond donors (Lipinski definition) is 1.